The molecular formula is C23H31N5O2S. The highest BCUT2D eigenvalue weighted by atomic mass is 32.2. The maximum absolute atomic E-state index is 12.6. The summed E-state index contributed by atoms with van der Waals surface area (Å²) < 4.78 is 7.66. The van der Waals surface area contributed by atoms with Gasteiger partial charge in [0.25, 0.3) is 0 Å². The van der Waals surface area contributed by atoms with E-state index in [1.54, 1.807) is 6.26 Å². The summed E-state index contributed by atoms with van der Waals surface area (Å²) in [4.78, 5) is 14.9. The number of rotatable bonds is 11. The van der Waals surface area contributed by atoms with Crippen molar-refractivity contribution in [3.05, 3.63) is 54.0 Å². The minimum absolute atomic E-state index is 0.0194. The van der Waals surface area contributed by atoms with Crippen LogP contribution in [0.2, 0.25) is 0 Å². The van der Waals surface area contributed by atoms with E-state index >= 15 is 0 Å². The van der Waals surface area contributed by atoms with Crippen molar-refractivity contribution in [3.63, 3.8) is 0 Å². The molecule has 1 amide bonds. The summed E-state index contributed by atoms with van der Waals surface area (Å²) in [5.41, 5.74) is 2.22. The van der Waals surface area contributed by atoms with Crippen LogP contribution in [0.5, 0.6) is 0 Å². The summed E-state index contributed by atoms with van der Waals surface area (Å²) in [5, 5.41) is 12.5. The molecule has 1 aromatic carbocycles. The Morgan fingerprint density at radius 1 is 1.16 bits per heavy atom. The average Bonchev–Trinajstić information content (AvgIpc) is 3.45. The van der Waals surface area contributed by atoms with Crippen molar-refractivity contribution in [2.24, 2.45) is 0 Å². The zero-order chi connectivity index (χ0) is 22.2. The maximum Gasteiger partial charge on any atom is 0.230 e. The zero-order valence-corrected chi connectivity index (χ0v) is 19.5. The van der Waals surface area contributed by atoms with Gasteiger partial charge >= 0.3 is 0 Å². The molecule has 8 heteroatoms. The van der Waals surface area contributed by atoms with E-state index in [2.05, 4.69) is 64.8 Å². The van der Waals surface area contributed by atoms with Crippen LogP contribution >= 0.6 is 11.8 Å². The first kappa shape index (κ1) is 23.1. The summed E-state index contributed by atoms with van der Waals surface area (Å²) in [5.74, 6) is 1.96. The number of aromatic nitrogens is 3. The van der Waals surface area contributed by atoms with E-state index in [0.717, 1.165) is 47.5 Å². The van der Waals surface area contributed by atoms with E-state index < -0.39 is 0 Å². The summed E-state index contributed by atoms with van der Waals surface area (Å²) >= 11 is 1.41. The Balaban J connectivity index is 1.62. The van der Waals surface area contributed by atoms with Gasteiger partial charge in [0, 0.05) is 18.7 Å². The molecule has 7 nitrogen and oxygen atoms in total. The highest BCUT2D eigenvalue weighted by Gasteiger charge is 2.22. The Labute approximate surface area is 188 Å². The molecule has 1 atom stereocenters. The molecule has 0 saturated heterocycles. The van der Waals surface area contributed by atoms with Gasteiger partial charge < -0.3 is 14.3 Å². The Kier molecular flexibility index (Phi) is 8.31. The van der Waals surface area contributed by atoms with Crippen molar-refractivity contribution in [2.45, 2.75) is 45.4 Å². The first-order valence-corrected chi connectivity index (χ1v) is 11.7. The van der Waals surface area contributed by atoms with E-state index in [1.165, 1.54) is 11.8 Å². The molecule has 2 heterocycles. The number of thioether (sulfide) groups is 1. The lowest BCUT2D eigenvalue weighted by molar-refractivity contribution is -0.118. The fourth-order valence-electron chi connectivity index (χ4n) is 3.65. The first-order chi connectivity index (χ1) is 15.1. The van der Waals surface area contributed by atoms with Crippen molar-refractivity contribution < 1.29 is 9.21 Å². The van der Waals surface area contributed by atoms with Crippen LogP contribution < -0.4 is 5.32 Å². The van der Waals surface area contributed by atoms with Gasteiger partial charge in [0.2, 0.25) is 5.91 Å². The molecule has 3 rings (SSSR count). The Morgan fingerprint density at radius 3 is 2.58 bits per heavy atom. The van der Waals surface area contributed by atoms with Gasteiger partial charge in [0.15, 0.2) is 11.0 Å². The second-order valence-electron chi connectivity index (χ2n) is 7.21. The SMILES string of the molecule is CCN(CC)C(CNC(=O)CSc1nnc(-c2ccccc2C)n1CC)c1ccco1. The summed E-state index contributed by atoms with van der Waals surface area (Å²) in [7, 11) is 0. The normalized spacial score (nSPS) is 12.3. The second kappa shape index (κ2) is 11.2. The molecular weight excluding hydrogens is 410 g/mol. The van der Waals surface area contributed by atoms with Crippen LogP contribution in [0.4, 0.5) is 0 Å². The largest absolute Gasteiger partial charge is 0.468 e. The third-order valence-corrected chi connectivity index (χ3v) is 6.34. The minimum Gasteiger partial charge on any atom is -0.468 e. The number of aryl methyl sites for hydroxylation is 1. The summed E-state index contributed by atoms with van der Waals surface area (Å²) in [6.07, 6.45) is 1.67. The van der Waals surface area contributed by atoms with Crippen molar-refractivity contribution in [1.82, 2.24) is 25.0 Å². The number of carbonyl (C=O) groups excluding carboxylic acids is 1. The molecule has 31 heavy (non-hydrogen) atoms. The van der Waals surface area contributed by atoms with Gasteiger partial charge in [0.1, 0.15) is 5.76 Å². The standard InChI is InChI=1S/C23H31N5O2S/c1-5-27(6-2)19(20-13-10-14-30-20)15-24-21(29)16-31-23-26-25-22(28(23)7-3)18-12-9-8-11-17(18)4/h8-14,19H,5-7,15-16H2,1-4H3,(H,24,29). The average molecular weight is 442 g/mol. The molecule has 0 aliphatic carbocycles. The fourth-order valence-corrected chi connectivity index (χ4v) is 4.48. The molecule has 2 aromatic heterocycles. The highest BCUT2D eigenvalue weighted by molar-refractivity contribution is 7.99. The number of hydrogen-bond acceptors (Lipinski definition) is 6. The first-order valence-electron chi connectivity index (χ1n) is 10.7. The van der Waals surface area contributed by atoms with Gasteiger partial charge in [0.05, 0.1) is 18.1 Å². The van der Waals surface area contributed by atoms with Crippen LogP contribution in [-0.2, 0) is 11.3 Å². The third-order valence-electron chi connectivity index (χ3n) is 5.37. The predicted octanol–water partition coefficient (Wildman–Crippen LogP) is 4.16. The lowest BCUT2D eigenvalue weighted by Gasteiger charge is -2.28. The Morgan fingerprint density at radius 2 is 1.94 bits per heavy atom. The van der Waals surface area contributed by atoms with Gasteiger partial charge in [-0.05, 0) is 44.6 Å². The van der Waals surface area contributed by atoms with Crippen LogP contribution in [-0.4, -0.2) is 51.0 Å². The molecule has 0 bridgehead atoms. The molecule has 0 spiro atoms. The smallest absolute Gasteiger partial charge is 0.230 e. The molecule has 0 aliphatic heterocycles. The zero-order valence-electron chi connectivity index (χ0n) is 18.7. The number of nitrogens with one attached hydrogen (secondary N) is 1. The molecule has 1 unspecified atom stereocenters. The van der Waals surface area contributed by atoms with Crippen molar-refractivity contribution >= 4 is 17.7 Å². The van der Waals surface area contributed by atoms with Crippen LogP contribution in [0.15, 0.2) is 52.2 Å². The van der Waals surface area contributed by atoms with Crippen LogP contribution in [0.1, 0.15) is 38.1 Å². The molecule has 1 N–H and O–H groups in total. The number of benzene rings is 1. The molecule has 166 valence electrons. The number of likely N-dealkylation sites (N-methyl/N-ethyl adjacent to an activating group) is 1. The van der Waals surface area contributed by atoms with Gasteiger partial charge in [-0.3, -0.25) is 9.69 Å². The van der Waals surface area contributed by atoms with Gasteiger partial charge in [-0.25, -0.2) is 0 Å². The lowest BCUT2D eigenvalue weighted by Crippen LogP contribution is -2.38. The van der Waals surface area contributed by atoms with E-state index in [1.807, 2.05) is 24.3 Å². The molecule has 0 aliphatic rings. The number of hydrogen-bond donors (Lipinski definition) is 1. The molecule has 0 radical (unpaired) electrons. The van der Waals surface area contributed by atoms with Crippen molar-refractivity contribution in [2.75, 3.05) is 25.4 Å². The van der Waals surface area contributed by atoms with Gasteiger partial charge in [-0.2, -0.15) is 0 Å². The van der Waals surface area contributed by atoms with Gasteiger partial charge in [-0.15, -0.1) is 10.2 Å². The van der Waals surface area contributed by atoms with Crippen LogP contribution in [0, 0.1) is 6.92 Å². The quantitative estimate of drug-likeness (QED) is 0.450. The fraction of sp³-hybridized carbons (Fsp3) is 0.435. The molecule has 0 fully saturated rings. The van der Waals surface area contributed by atoms with E-state index in [4.69, 9.17) is 4.42 Å². The van der Waals surface area contributed by atoms with E-state index in [0.29, 0.717) is 6.54 Å². The number of carbonyl (C=O) groups is 1. The van der Waals surface area contributed by atoms with Crippen molar-refractivity contribution in [3.8, 4) is 11.4 Å². The topological polar surface area (TPSA) is 76.2 Å². The summed E-state index contributed by atoms with van der Waals surface area (Å²) in [6, 6.07) is 12.0. The molecule has 0 saturated carbocycles. The predicted molar refractivity (Wildman–Crippen MR) is 124 cm³/mol. The minimum atomic E-state index is -0.0307. The molecule has 3 aromatic rings. The van der Waals surface area contributed by atoms with E-state index in [9.17, 15) is 4.79 Å². The van der Waals surface area contributed by atoms with Crippen LogP contribution in [0.25, 0.3) is 11.4 Å². The maximum atomic E-state index is 12.6. The van der Waals surface area contributed by atoms with E-state index in [-0.39, 0.29) is 17.7 Å². The second-order valence-corrected chi connectivity index (χ2v) is 8.15. The Bertz CT molecular complexity index is 966. The number of furan rings is 1. The van der Waals surface area contributed by atoms with Crippen LogP contribution in [0.3, 0.4) is 0 Å². The summed E-state index contributed by atoms with van der Waals surface area (Å²) in [6.45, 7) is 11.4. The Hall–Kier alpha value is -2.58. The lowest BCUT2D eigenvalue weighted by atomic mass is 10.1. The highest BCUT2D eigenvalue weighted by Crippen LogP contribution is 2.26. The van der Waals surface area contributed by atoms with Gasteiger partial charge in [-0.1, -0.05) is 49.9 Å². The number of nitrogens with zero attached hydrogens (tertiary/aromatic N) is 4. The third kappa shape index (κ3) is 5.57. The monoisotopic (exact) mass is 441 g/mol. The number of amides is 1. The van der Waals surface area contributed by atoms with Crippen molar-refractivity contribution in [1.29, 1.82) is 0 Å².